The monoisotopic (exact) mass is 264 g/mol. The number of hydrogen-bond donors (Lipinski definition) is 0. The van der Waals surface area contributed by atoms with E-state index in [9.17, 15) is 9.18 Å². The standard InChI is InChI=1S/C16H21FO2/c1-12-4-2-5-13(8-12)10-19-11-16(18)14-6-3-7-15(17)9-14/h3,6-7,9,12-13H,2,4-5,8,10-11H2,1H3. The van der Waals surface area contributed by atoms with Crippen molar-refractivity contribution >= 4 is 5.78 Å². The largest absolute Gasteiger partial charge is 0.373 e. The Morgan fingerprint density at radius 1 is 1.42 bits per heavy atom. The lowest BCUT2D eigenvalue weighted by Gasteiger charge is -2.26. The minimum Gasteiger partial charge on any atom is -0.373 e. The van der Waals surface area contributed by atoms with E-state index in [2.05, 4.69) is 6.92 Å². The topological polar surface area (TPSA) is 26.3 Å². The fourth-order valence-corrected chi connectivity index (χ4v) is 2.77. The Hall–Kier alpha value is -1.22. The molecule has 2 rings (SSSR count). The molecule has 2 atom stereocenters. The van der Waals surface area contributed by atoms with E-state index < -0.39 is 0 Å². The lowest BCUT2D eigenvalue weighted by atomic mass is 9.83. The van der Waals surface area contributed by atoms with E-state index in [0.717, 1.165) is 5.92 Å². The van der Waals surface area contributed by atoms with Crippen molar-refractivity contribution in [1.82, 2.24) is 0 Å². The first-order valence-electron chi connectivity index (χ1n) is 7.01. The van der Waals surface area contributed by atoms with E-state index in [1.54, 1.807) is 12.1 Å². The van der Waals surface area contributed by atoms with E-state index in [1.807, 2.05) is 0 Å². The molecule has 2 unspecified atom stereocenters. The summed E-state index contributed by atoms with van der Waals surface area (Å²) < 4.78 is 18.5. The van der Waals surface area contributed by atoms with Gasteiger partial charge in [0.1, 0.15) is 12.4 Å². The normalized spacial score (nSPS) is 23.3. The van der Waals surface area contributed by atoms with Gasteiger partial charge >= 0.3 is 0 Å². The van der Waals surface area contributed by atoms with Crippen molar-refractivity contribution in [2.24, 2.45) is 11.8 Å². The van der Waals surface area contributed by atoms with Gasteiger partial charge in [-0.1, -0.05) is 31.9 Å². The molecule has 1 saturated carbocycles. The molecule has 0 aliphatic heterocycles. The summed E-state index contributed by atoms with van der Waals surface area (Å²) in [6, 6.07) is 5.76. The zero-order chi connectivity index (χ0) is 13.7. The third-order valence-corrected chi connectivity index (χ3v) is 3.78. The van der Waals surface area contributed by atoms with Gasteiger partial charge in [-0.3, -0.25) is 4.79 Å². The molecule has 2 nitrogen and oxygen atoms in total. The van der Waals surface area contributed by atoms with Crippen LogP contribution in [0.3, 0.4) is 0 Å². The number of rotatable bonds is 5. The molecule has 104 valence electrons. The molecule has 0 spiro atoms. The Balaban J connectivity index is 1.75. The van der Waals surface area contributed by atoms with Crippen molar-refractivity contribution < 1.29 is 13.9 Å². The summed E-state index contributed by atoms with van der Waals surface area (Å²) in [5, 5.41) is 0. The Labute approximate surface area is 114 Å². The number of carbonyl (C=O) groups excluding carboxylic acids is 1. The van der Waals surface area contributed by atoms with Crippen LogP contribution in [0.15, 0.2) is 24.3 Å². The molecule has 1 aliphatic carbocycles. The molecule has 0 amide bonds. The van der Waals surface area contributed by atoms with Crippen LogP contribution in [-0.2, 0) is 4.74 Å². The predicted octanol–water partition coefficient (Wildman–Crippen LogP) is 3.85. The highest BCUT2D eigenvalue weighted by Gasteiger charge is 2.19. The molecule has 1 fully saturated rings. The third kappa shape index (κ3) is 4.43. The molecular weight excluding hydrogens is 243 g/mol. The molecule has 0 heterocycles. The van der Waals surface area contributed by atoms with Gasteiger partial charge in [0.2, 0.25) is 0 Å². The van der Waals surface area contributed by atoms with Gasteiger partial charge in [0.15, 0.2) is 5.78 Å². The van der Waals surface area contributed by atoms with Crippen molar-refractivity contribution in [3.8, 4) is 0 Å². The van der Waals surface area contributed by atoms with E-state index in [0.29, 0.717) is 18.1 Å². The van der Waals surface area contributed by atoms with Gasteiger partial charge in [0, 0.05) is 5.56 Å². The number of Topliss-reactive ketones (excluding diaryl/α,β-unsaturated/α-hetero) is 1. The number of ketones is 1. The fraction of sp³-hybridized carbons (Fsp3) is 0.562. The Morgan fingerprint density at radius 3 is 3.00 bits per heavy atom. The third-order valence-electron chi connectivity index (χ3n) is 3.78. The molecule has 1 aromatic carbocycles. The second-order valence-corrected chi connectivity index (χ2v) is 5.59. The van der Waals surface area contributed by atoms with Crippen molar-refractivity contribution in [3.05, 3.63) is 35.6 Å². The number of hydrogen-bond acceptors (Lipinski definition) is 2. The second-order valence-electron chi connectivity index (χ2n) is 5.59. The zero-order valence-electron chi connectivity index (χ0n) is 11.4. The van der Waals surface area contributed by atoms with E-state index in [1.165, 1.54) is 37.8 Å². The quantitative estimate of drug-likeness (QED) is 0.755. The smallest absolute Gasteiger partial charge is 0.188 e. The lowest BCUT2D eigenvalue weighted by molar-refractivity contribution is 0.0593. The molecular formula is C16H21FO2. The van der Waals surface area contributed by atoms with Crippen LogP contribution < -0.4 is 0 Å². The van der Waals surface area contributed by atoms with Gasteiger partial charge in [-0.2, -0.15) is 0 Å². The van der Waals surface area contributed by atoms with E-state index in [4.69, 9.17) is 4.74 Å². The molecule has 0 radical (unpaired) electrons. The zero-order valence-corrected chi connectivity index (χ0v) is 11.4. The molecule has 0 aromatic heterocycles. The highest BCUT2D eigenvalue weighted by Crippen LogP contribution is 2.28. The summed E-state index contributed by atoms with van der Waals surface area (Å²) >= 11 is 0. The maximum absolute atomic E-state index is 13.0. The fourth-order valence-electron chi connectivity index (χ4n) is 2.77. The molecule has 1 aromatic rings. The summed E-state index contributed by atoms with van der Waals surface area (Å²) in [7, 11) is 0. The molecule has 0 N–H and O–H groups in total. The maximum atomic E-state index is 13.0. The van der Waals surface area contributed by atoms with Gasteiger partial charge in [-0.05, 0) is 36.8 Å². The van der Waals surface area contributed by atoms with Gasteiger partial charge in [0.05, 0.1) is 6.61 Å². The number of carbonyl (C=O) groups is 1. The van der Waals surface area contributed by atoms with Gasteiger partial charge < -0.3 is 4.74 Å². The Bertz CT molecular complexity index is 431. The van der Waals surface area contributed by atoms with Crippen molar-refractivity contribution in [1.29, 1.82) is 0 Å². The average molecular weight is 264 g/mol. The minimum atomic E-state index is -0.382. The van der Waals surface area contributed by atoms with Gasteiger partial charge in [0.25, 0.3) is 0 Å². The first-order valence-corrected chi connectivity index (χ1v) is 7.01. The summed E-state index contributed by atoms with van der Waals surface area (Å²) in [4.78, 5) is 11.8. The summed E-state index contributed by atoms with van der Waals surface area (Å²) in [5.74, 6) is 0.806. The first kappa shape index (κ1) is 14.2. The van der Waals surface area contributed by atoms with Crippen LogP contribution in [0.4, 0.5) is 4.39 Å². The minimum absolute atomic E-state index is 0.0499. The number of halogens is 1. The highest BCUT2D eigenvalue weighted by atomic mass is 19.1. The Morgan fingerprint density at radius 2 is 2.26 bits per heavy atom. The first-order chi connectivity index (χ1) is 9.15. The van der Waals surface area contributed by atoms with Gasteiger partial charge in [-0.15, -0.1) is 0 Å². The molecule has 0 saturated heterocycles. The van der Waals surface area contributed by atoms with Crippen LogP contribution >= 0.6 is 0 Å². The Kier molecular flexibility index (Phi) is 5.08. The highest BCUT2D eigenvalue weighted by molar-refractivity contribution is 5.97. The van der Waals surface area contributed by atoms with Gasteiger partial charge in [-0.25, -0.2) is 4.39 Å². The molecule has 3 heteroatoms. The average Bonchev–Trinajstić information content (AvgIpc) is 2.38. The van der Waals surface area contributed by atoms with Crippen molar-refractivity contribution in [2.75, 3.05) is 13.2 Å². The molecule has 19 heavy (non-hydrogen) atoms. The van der Waals surface area contributed by atoms with Crippen LogP contribution in [0.25, 0.3) is 0 Å². The van der Waals surface area contributed by atoms with Crippen LogP contribution in [-0.4, -0.2) is 19.0 Å². The van der Waals surface area contributed by atoms with Crippen LogP contribution in [0, 0.1) is 17.7 Å². The second kappa shape index (κ2) is 6.80. The number of benzene rings is 1. The van der Waals surface area contributed by atoms with Crippen LogP contribution in [0.1, 0.15) is 43.0 Å². The molecule has 0 bridgehead atoms. The lowest BCUT2D eigenvalue weighted by Crippen LogP contribution is -2.20. The number of ether oxygens (including phenoxy) is 1. The van der Waals surface area contributed by atoms with Crippen LogP contribution in [0.5, 0.6) is 0 Å². The maximum Gasteiger partial charge on any atom is 0.188 e. The summed E-state index contributed by atoms with van der Waals surface area (Å²) in [5.41, 5.74) is 0.386. The van der Waals surface area contributed by atoms with E-state index >= 15 is 0 Å². The predicted molar refractivity (Wildman–Crippen MR) is 72.7 cm³/mol. The SMILES string of the molecule is CC1CCCC(COCC(=O)c2cccc(F)c2)C1. The summed E-state index contributed by atoms with van der Waals surface area (Å²) in [6.45, 7) is 2.96. The van der Waals surface area contributed by atoms with Crippen molar-refractivity contribution in [2.45, 2.75) is 32.6 Å². The van der Waals surface area contributed by atoms with Crippen molar-refractivity contribution in [3.63, 3.8) is 0 Å². The molecule has 1 aliphatic rings. The van der Waals surface area contributed by atoms with Crippen LogP contribution in [0.2, 0.25) is 0 Å². The van der Waals surface area contributed by atoms with E-state index in [-0.39, 0.29) is 18.2 Å². The summed E-state index contributed by atoms with van der Waals surface area (Å²) in [6.07, 6.45) is 4.94.